The minimum absolute atomic E-state index is 0.00757. The maximum absolute atomic E-state index is 13.6. The second-order valence-electron chi connectivity index (χ2n) is 11.9. The van der Waals surface area contributed by atoms with Gasteiger partial charge < -0.3 is 29.7 Å². The summed E-state index contributed by atoms with van der Waals surface area (Å²) in [6.07, 6.45) is 14.3. The number of likely N-dealkylation sites (tertiary alicyclic amines) is 1. The van der Waals surface area contributed by atoms with Crippen LogP contribution in [0.4, 0.5) is 5.82 Å². The molecule has 1 amide bonds. The van der Waals surface area contributed by atoms with Gasteiger partial charge in [-0.2, -0.15) is 0 Å². The molecule has 0 radical (unpaired) electrons. The lowest BCUT2D eigenvalue weighted by molar-refractivity contribution is -0.0619. The Morgan fingerprint density at radius 1 is 1.12 bits per heavy atom. The molecule has 3 aliphatic heterocycles. The van der Waals surface area contributed by atoms with Gasteiger partial charge >= 0.3 is 0 Å². The molecular formula is C31H47N5O4. The number of piperidine rings is 1. The molecule has 1 aromatic heterocycles. The normalized spacial score (nSPS) is 29.8. The van der Waals surface area contributed by atoms with Crippen LogP contribution in [0.15, 0.2) is 23.8 Å². The van der Waals surface area contributed by atoms with Gasteiger partial charge in [-0.3, -0.25) is 4.79 Å². The molecule has 5 atom stereocenters. The van der Waals surface area contributed by atoms with Crippen LogP contribution in [0.3, 0.4) is 0 Å². The summed E-state index contributed by atoms with van der Waals surface area (Å²) >= 11 is 0. The monoisotopic (exact) mass is 553 g/mol. The number of rotatable bonds is 8. The highest BCUT2D eigenvalue weighted by Gasteiger charge is 2.32. The van der Waals surface area contributed by atoms with Gasteiger partial charge in [-0.05, 0) is 65.7 Å². The Bertz CT molecular complexity index is 1080. The Hall–Kier alpha value is -2.33. The number of carbonyl (C=O) groups excluding carboxylic acids is 1. The highest BCUT2D eigenvalue weighted by molar-refractivity contribution is 5.94. The van der Waals surface area contributed by atoms with E-state index in [-0.39, 0.29) is 24.2 Å². The van der Waals surface area contributed by atoms with Crippen LogP contribution in [0, 0.1) is 19.8 Å². The predicted octanol–water partition coefficient (Wildman–Crippen LogP) is 3.96. The van der Waals surface area contributed by atoms with Crippen LogP contribution in [0.1, 0.15) is 73.7 Å². The minimum Gasteiger partial charge on any atom is -0.379 e. The zero-order chi connectivity index (χ0) is 28.1. The maximum Gasteiger partial charge on any atom is 0.272 e. The molecule has 0 saturated carbocycles. The Balaban J connectivity index is 1.15. The number of amides is 1. The van der Waals surface area contributed by atoms with E-state index in [9.17, 15) is 4.79 Å². The molecule has 9 nitrogen and oxygen atoms in total. The van der Waals surface area contributed by atoms with Crippen LogP contribution < -0.4 is 10.6 Å². The third-order valence-electron chi connectivity index (χ3n) is 8.95. The lowest BCUT2D eigenvalue weighted by atomic mass is 9.86. The van der Waals surface area contributed by atoms with Crippen molar-refractivity contribution < 1.29 is 19.0 Å². The summed E-state index contributed by atoms with van der Waals surface area (Å²) in [6, 6.07) is 0.675. The zero-order valence-corrected chi connectivity index (χ0v) is 24.7. The molecule has 3 saturated heterocycles. The number of anilines is 1. The fraction of sp³-hybridized carbons (Fsp3) is 0.710. The van der Waals surface area contributed by atoms with Crippen molar-refractivity contribution in [2.75, 3.05) is 45.3 Å². The number of carbonyl (C=O) groups is 1. The molecule has 0 spiro atoms. The smallest absolute Gasteiger partial charge is 0.272 e. The summed E-state index contributed by atoms with van der Waals surface area (Å²) in [7, 11) is 1.75. The Morgan fingerprint density at radius 3 is 2.73 bits per heavy atom. The fourth-order valence-corrected chi connectivity index (χ4v) is 6.58. The average molecular weight is 554 g/mol. The molecule has 1 aromatic rings. The topological polar surface area (TPSA) is 97.8 Å². The first-order valence-corrected chi connectivity index (χ1v) is 15.2. The van der Waals surface area contributed by atoms with E-state index in [0.717, 1.165) is 56.5 Å². The van der Waals surface area contributed by atoms with Crippen LogP contribution >= 0.6 is 0 Å². The number of nitrogens with zero attached hydrogens (tertiary/aromatic N) is 3. The van der Waals surface area contributed by atoms with Gasteiger partial charge in [-0.15, -0.1) is 0 Å². The van der Waals surface area contributed by atoms with Crippen molar-refractivity contribution >= 4 is 11.7 Å². The van der Waals surface area contributed by atoms with Crippen molar-refractivity contribution in [1.82, 2.24) is 20.2 Å². The number of nitrogens with one attached hydrogen (secondary N) is 2. The summed E-state index contributed by atoms with van der Waals surface area (Å²) in [5.41, 5.74) is 2.73. The van der Waals surface area contributed by atoms with Crippen molar-refractivity contribution in [3.05, 3.63) is 40.9 Å². The molecule has 4 aliphatic rings. The summed E-state index contributed by atoms with van der Waals surface area (Å²) in [4.78, 5) is 24.8. The number of methoxy groups -OCH3 is 1. The van der Waals surface area contributed by atoms with E-state index in [2.05, 4.69) is 45.8 Å². The van der Waals surface area contributed by atoms with Crippen LogP contribution in [-0.2, 0) is 14.2 Å². The third kappa shape index (κ3) is 7.11. The molecule has 2 N–H and O–H groups in total. The number of aryl methyl sites for hydroxylation is 1. The van der Waals surface area contributed by atoms with Crippen LogP contribution in [0.5, 0.6) is 0 Å². The van der Waals surface area contributed by atoms with E-state index < -0.39 is 0 Å². The SMILES string of the molecule is CO[C@@H]1COCC[C@@H]1NC1CCN(C(=O)c2nc(C)nc(NC[C@H]3CCC[C@@H](C4C=CC=C(C)C4)O3)c2C)CC1. The van der Waals surface area contributed by atoms with Gasteiger partial charge in [-0.25, -0.2) is 9.97 Å². The number of aromatic nitrogens is 2. The van der Waals surface area contributed by atoms with E-state index in [1.807, 2.05) is 18.7 Å². The van der Waals surface area contributed by atoms with Crippen molar-refractivity contribution in [2.24, 2.45) is 5.92 Å². The first-order chi connectivity index (χ1) is 19.4. The largest absolute Gasteiger partial charge is 0.379 e. The highest BCUT2D eigenvalue weighted by Crippen LogP contribution is 2.31. The Kier molecular flexibility index (Phi) is 9.89. The van der Waals surface area contributed by atoms with E-state index in [0.29, 0.717) is 55.8 Å². The molecule has 4 heterocycles. The maximum atomic E-state index is 13.6. The van der Waals surface area contributed by atoms with Gasteiger partial charge in [-0.1, -0.05) is 23.8 Å². The van der Waals surface area contributed by atoms with Gasteiger partial charge in [0.2, 0.25) is 0 Å². The van der Waals surface area contributed by atoms with Crippen molar-refractivity contribution in [3.8, 4) is 0 Å². The molecule has 0 aromatic carbocycles. The number of ether oxygens (including phenoxy) is 3. The van der Waals surface area contributed by atoms with Gasteiger partial charge in [0.25, 0.3) is 5.91 Å². The second-order valence-corrected chi connectivity index (χ2v) is 11.9. The van der Waals surface area contributed by atoms with Crippen LogP contribution in [-0.4, -0.2) is 91.1 Å². The Labute approximate surface area is 239 Å². The van der Waals surface area contributed by atoms with E-state index >= 15 is 0 Å². The van der Waals surface area contributed by atoms with Crippen molar-refractivity contribution in [1.29, 1.82) is 0 Å². The van der Waals surface area contributed by atoms with Gasteiger partial charge in [0, 0.05) is 56.9 Å². The standard InChI is InChI=1S/C31H47N5O4/c1-20-7-5-8-23(17-20)27-10-6-9-25(40-27)18-32-30-21(2)29(33-22(3)34-30)31(37)36-14-11-24(12-15-36)35-26-13-16-39-19-28(26)38-4/h5,7-8,23-28,35H,6,9-19H2,1-4H3,(H,32,33,34)/t23?,25-,26+,27+,28-/m1/s1. The first kappa shape index (κ1) is 29.2. The highest BCUT2D eigenvalue weighted by atomic mass is 16.5. The lowest BCUT2D eigenvalue weighted by Crippen LogP contribution is -2.54. The van der Waals surface area contributed by atoms with Gasteiger partial charge in [0.05, 0.1) is 24.9 Å². The number of allylic oxidation sites excluding steroid dienone is 3. The number of hydrogen-bond donors (Lipinski definition) is 2. The molecule has 1 unspecified atom stereocenters. The minimum atomic E-state index is -0.00757. The van der Waals surface area contributed by atoms with E-state index in [1.165, 1.54) is 12.0 Å². The zero-order valence-electron chi connectivity index (χ0n) is 24.7. The molecule has 1 aliphatic carbocycles. The van der Waals surface area contributed by atoms with Crippen molar-refractivity contribution in [2.45, 2.75) is 96.1 Å². The van der Waals surface area contributed by atoms with Gasteiger partial charge in [0.15, 0.2) is 0 Å². The summed E-state index contributed by atoms with van der Waals surface area (Å²) < 4.78 is 17.7. The number of hydrogen-bond acceptors (Lipinski definition) is 8. The first-order valence-electron chi connectivity index (χ1n) is 15.2. The average Bonchev–Trinajstić information content (AvgIpc) is 2.98. The lowest BCUT2D eigenvalue weighted by Gasteiger charge is -2.38. The van der Waals surface area contributed by atoms with E-state index in [4.69, 9.17) is 14.2 Å². The fourth-order valence-electron chi connectivity index (χ4n) is 6.58. The summed E-state index contributed by atoms with van der Waals surface area (Å²) in [5, 5.41) is 7.27. The summed E-state index contributed by atoms with van der Waals surface area (Å²) in [5.74, 6) is 1.79. The molecule has 3 fully saturated rings. The predicted molar refractivity (Wildman–Crippen MR) is 156 cm³/mol. The molecule has 5 rings (SSSR count). The Morgan fingerprint density at radius 2 is 1.95 bits per heavy atom. The molecule has 9 heteroatoms. The summed E-state index contributed by atoms with van der Waals surface area (Å²) in [6.45, 7) is 9.51. The third-order valence-corrected chi connectivity index (χ3v) is 8.95. The van der Waals surface area contributed by atoms with Gasteiger partial charge in [0.1, 0.15) is 17.3 Å². The van der Waals surface area contributed by atoms with E-state index in [1.54, 1.807) is 7.11 Å². The molecular weight excluding hydrogens is 506 g/mol. The molecule has 40 heavy (non-hydrogen) atoms. The molecule has 0 bridgehead atoms. The molecule has 220 valence electrons. The van der Waals surface area contributed by atoms with Crippen molar-refractivity contribution in [3.63, 3.8) is 0 Å². The van der Waals surface area contributed by atoms with Crippen LogP contribution in [0.2, 0.25) is 0 Å². The quantitative estimate of drug-likeness (QED) is 0.499. The second kappa shape index (κ2) is 13.6. The van der Waals surface area contributed by atoms with Crippen LogP contribution in [0.25, 0.3) is 0 Å².